The monoisotopic (exact) mass is 475 g/mol. The summed E-state index contributed by atoms with van der Waals surface area (Å²) < 4.78 is 33.1. The van der Waals surface area contributed by atoms with E-state index < -0.39 is 29.9 Å². The van der Waals surface area contributed by atoms with Crippen LogP contribution in [-0.4, -0.2) is 24.0 Å². The molecule has 0 aliphatic carbocycles. The molecule has 0 saturated carbocycles. The molecule has 0 saturated heterocycles. The number of aliphatic carboxylic acids is 1. The number of halogens is 4. The maximum atomic E-state index is 13.5. The number of carbonyl (C=O) groups excluding carboxylic acids is 2. The Labute approximate surface area is 142 Å². The largest absolute Gasteiger partial charge is 0.544 e. The Morgan fingerprint density at radius 3 is 2.33 bits per heavy atom. The summed E-state index contributed by atoms with van der Waals surface area (Å²) in [5, 5.41) is 10.5. The molecule has 21 heavy (non-hydrogen) atoms. The van der Waals surface area contributed by atoms with Gasteiger partial charge in [-0.3, -0.25) is 0 Å². The van der Waals surface area contributed by atoms with E-state index in [2.05, 4.69) is 15.9 Å². The van der Waals surface area contributed by atoms with Crippen LogP contribution in [0.25, 0.3) is 0 Å². The van der Waals surface area contributed by atoms with Crippen LogP contribution in [0.15, 0.2) is 22.7 Å². The fraction of sp³-hybridized carbons (Fsp3) is 0.385. The van der Waals surface area contributed by atoms with Crippen molar-refractivity contribution in [2.45, 2.75) is 25.9 Å². The number of rotatable bonds is 5. The minimum atomic E-state index is -4.26. The Morgan fingerprint density at radius 2 is 1.90 bits per heavy atom. The van der Waals surface area contributed by atoms with Gasteiger partial charge in [-0.05, 0) is 46.7 Å². The first kappa shape index (κ1) is 18.3. The number of hydrogen-bond donors (Lipinski definition) is 0. The third kappa shape index (κ3) is 4.60. The average molecular weight is 476 g/mol. The van der Waals surface area contributed by atoms with Gasteiger partial charge in [0.05, 0.1) is 5.56 Å². The number of carboxylic acid groups (broad SMARTS) is 1. The second kappa shape index (κ2) is 6.99. The van der Waals surface area contributed by atoms with Crippen LogP contribution in [0.3, 0.4) is 0 Å². The first-order valence-electron chi connectivity index (χ1n) is 5.82. The molecule has 0 aromatic heterocycles. The lowest BCUT2D eigenvalue weighted by atomic mass is 10.0. The van der Waals surface area contributed by atoms with E-state index in [4.69, 9.17) is 4.74 Å². The van der Waals surface area contributed by atoms with Crippen LogP contribution in [0.1, 0.15) is 24.2 Å². The minimum absolute atomic E-state index is 0.0496. The van der Waals surface area contributed by atoms with Gasteiger partial charge in [-0.15, -0.1) is 0 Å². The average Bonchev–Trinajstić information content (AvgIpc) is 2.33. The highest BCUT2D eigenvalue weighted by Gasteiger charge is 2.46. The van der Waals surface area contributed by atoms with E-state index in [1.807, 2.05) is 22.6 Å². The van der Waals surface area contributed by atoms with Crippen molar-refractivity contribution in [1.82, 2.24) is 0 Å². The van der Waals surface area contributed by atoms with Gasteiger partial charge in [-0.1, -0.05) is 29.8 Å². The van der Waals surface area contributed by atoms with E-state index in [1.165, 1.54) is 26.0 Å². The first-order chi connectivity index (χ1) is 9.55. The Morgan fingerprint density at radius 1 is 1.33 bits per heavy atom. The Bertz CT molecular complexity index is 543. The van der Waals surface area contributed by atoms with Crippen molar-refractivity contribution in [3.05, 3.63) is 31.8 Å². The van der Waals surface area contributed by atoms with Crippen molar-refractivity contribution in [2.24, 2.45) is 5.92 Å². The fourth-order valence-electron chi connectivity index (χ4n) is 1.60. The minimum Gasteiger partial charge on any atom is -0.544 e. The zero-order valence-corrected chi connectivity index (χ0v) is 14.8. The molecule has 0 bridgehead atoms. The molecule has 1 atom stereocenters. The van der Waals surface area contributed by atoms with Gasteiger partial charge in [0.15, 0.2) is 6.10 Å². The molecular weight excluding hydrogens is 465 g/mol. The number of hydrogen-bond acceptors (Lipinski definition) is 4. The summed E-state index contributed by atoms with van der Waals surface area (Å²) in [4.78, 5) is 22.5. The molecule has 0 aliphatic rings. The van der Waals surface area contributed by atoms with Crippen LogP contribution < -0.4 is 5.11 Å². The number of alkyl halides is 2. The predicted molar refractivity (Wildman–Crippen MR) is 80.9 cm³/mol. The molecular formula is C13H11BrF2IO4-. The quantitative estimate of drug-likeness (QED) is 0.485. The molecule has 1 aromatic carbocycles. The standard InChI is InChI=1S/C13H12BrF2IO4/c1-6(2)10(13(15,16)12(19)20)21-11(18)7-3-8(14)5-9(17)4-7/h3-6,10H,1-2H3,(H,19,20)/p-1. The van der Waals surface area contributed by atoms with Crippen molar-refractivity contribution in [2.75, 3.05) is 0 Å². The summed E-state index contributed by atoms with van der Waals surface area (Å²) in [6.45, 7) is 2.67. The molecule has 0 heterocycles. The van der Waals surface area contributed by atoms with Crippen LogP contribution in [0.4, 0.5) is 8.78 Å². The SMILES string of the molecule is CC(C)C(OC(=O)c1cc(Br)cc(I)c1)C(F)(F)C(=O)[O-]. The zero-order chi connectivity index (χ0) is 16.4. The predicted octanol–water partition coefficient (Wildman–Crippen LogP) is 2.62. The van der Waals surface area contributed by atoms with Gasteiger partial charge in [0, 0.05) is 8.04 Å². The van der Waals surface area contributed by atoms with Crippen molar-refractivity contribution in [1.29, 1.82) is 0 Å². The molecule has 0 aliphatic heterocycles. The van der Waals surface area contributed by atoms with E-state index in [-0.39, 0.29) is 5.56 Å². The van der Waals surface area contributed by atoms with Crippen LogP contribution in [-0.2, 0) is 9.53 Å². The number of esters is 1. The summed E-state index contributed by atoms with van der Waals surface area (Å²) in [5.41, 5.74) is 0.0496. The van der Waals surface area contributed by atoms with Gasteiger partial charge in [0.2, 0.25) is 0 Å². The van der Waals surface area contributed by atoms with Crippen molar-refractivity contribution in [3.63, 3.8) is 0 Å². The van der Waals surface area contributed by atoms with Gasteiger partial charge in [0.1, 0.15) is 5.97 Å². The van der Waals surface area contributed by atoms with Crippen LogP contribution >= 0.6 is 38.5 Å². The normalized spacial score (nSPS) is 13.1. The summed E-state index contributed by atoms with van der Waals surface area (Å²) in [6, 6.07) is 4.56. The molecule has 1 unspecified atom stereocenters. The number of carboxylic acids is 1. The van der Waals surface area contributed by atoms with Gasteiger partial charge < -0.3 is 14.6 Å². The second-order valence-electron chi connectivity index (χ2n) is 4.64. The Hall–Kier alpha value is -0.770. The van der Waals surface area contributed by atoms with Crippen LogP contribution in [0, 0.1) is 9.49 Å². The van der Waals surface area contributed by atoms with Crippen LogP contribution in [0.2, 0.25) is 0 Å². The van der Waals surface area contributed by atoms with Crippen LogP contribution in [0.5, 0.6) is 0 Å². The molecule has 1 aromatic rings. The second-order valence-corrected chi connectivity index (χ2v) is 6.80. The highest BCUT2D eigenvalue weighted by atomic mass is 127. The maximum absolute atomic E-state index is 13.5. The van der Waals surface area contributed by atoms with Gasteiger partial charge in [0.25, 0.3) is 0 Å². The smallest absolute Gasteiger partial charge is 0.338 e. The van der Waals surface area contributed by atoms with Crippen molar-refractivity contribution < 1.29 is 28.2 Å². The Balaban J connectivity index is 3.04. The molecule has 8 heteroatoms. The number of carbonyl (C=O) groups is 2. The zero-order valence-electron chi connectivity index (χ0n) is 11.0. The molecule has 0 N–H and O–H groups in total. The molecule has 4 nitrogen and oxygen atoms in total. The highest BCUT2D eigenvalue weighted by Crippen LogP contribution is 2.28. The summed E-state index contributed by atoms with van der Waals surface area (Å²) in [7, 11) is 0. The first-order valence-corrected chi connectivity index (χ1v) is 7.69. The lowest BCUT2D eigenvalue weighted by Crippen LogP contribution is -2.53. The Kier molecular flexibility index (Phi) is 6.09. The van der Waals surface area contributed by atoms with E-state index in [0.717, 1.165) is 0 Å². The molecule has 0 radical (unpaired) electrons. The van der Waals surface area contributed by atoms with Gasteiger partial charge >= 0.3 is 11.9 Å². The lowest BCUT2D eigenvalue weighted by molar-refractivity contribution is -0.337. The maximum Gasteiger partial charge on any atom is 0.338 e. The third-order valence-corrected chi connectivity index (χ3v) is 3.65. The molecule has 0 spiro atoms. The van der Waals surface area contributed by atoms with E-state index >= 15 is 0 Å². The van der Waals surface area contributed by atoms with E-state index in [1.54, 1.807) is 6.07 Å². The van der Waals surface area contributed by atoms with E-state index in [9.17, 15) is 23.5 Å². The van der Waals surface area contributed by atoms with Crippen molar-refractivity contribution >= 4 is 50.5 Å². The van der Waals surface area contributed by atoms with Crippen molar-refractivity contribution in [3.8, 4) is 0 Å². The fourth-order valence-corrected chi connectivity index (χ4v) is 3.19. The number of ether oxygens (including phenoxy) is 1. The van der Waals surface area contributed by atoms with Gasteiger partial charge in [-0.2, -0.15) is 8.78 Å². The third-order valence-electron chi connectivity index (χ3n) is 2.57. The lowest BCUT2D eigenvalue weighted by Gasteiger charge is -2.30. The molecule has 116 valence electrons. The molecule has 1 rings (SSSR count). The topological polar surface area (TPSA) is 66.4 Å². The highest BCUT2D eigenvalue weighted by molar-refractivity contribution is 14.1. The summed E-state index contributed by atoms with van der Waals surface area (Å²) in [6.07, 6.45) is -2.10. The molecule has 0 fully saturated rings. The van der Waals surface area contributed by atoms with Gasteiger partial charge in [-0.25, -0.2) is 4.79 Å². The summed E-state index contributed by atoms with van der Waals surface area (Å²) in [5.74, 6) is -8.75. The summed E-state index contributed by atoms with van der Waals surface area (Å²) >= 11 is 5.12. The number of benzene rings is 1. The molecule has 0 amide bonds. The van der Waals surface area contributed by atoms with E-state index in [0.29, 0.717) is 8.04 Å².